The Hall–Kier alpha value is -2.25. The maximum absolute atomic E-state index is 11.9. The third-order valence-electron chi connectivity index (χ3n) is 2.93. The van der Waals surface area contributed by atoms with E-state index in [1.807, 2.05) is 49.4 Å². The predicted octanol–water partition coefficient (Wildman–Crippen LogP) is 3.64. The van der Waals surface area contributed by atoms with Crippen molar-refractivity contribution in [1.29, 1.82) is 0 Å². The fraction of sp³-hybridized carbons (Fsp3) is 0.125. The molecule has 0 bridgehead atoms. The zero-order chi connectivity index (χ0) is 16.1. The molecule has 0 unspecified atom stereocenters. The molecule has 2 heterocycles. The van der Waals surface area contributed by atoms with Gasteiger partial charge in [0.25, 0.3) is 0 Å². The molecular weight excluding hydrogens is 328 g/mol. The Balaban J connectivity index is 1.55. The first-order valence-electron chi connectivity index (χ1n) is 6.95. The van der Waals surface area contributed by atoms with Crippen LogP contribution in [0.1, 0.15) is 4.88 Å². The molecule has 0 fully saturated rings. The summed E-state index contributed by atoms with van der Waals surface area (Å²) < 4.78 is 0. The average Bonchev–Trinajstić information content (AvgIpc) is 2.99. The monoisotopic (exact) mass is 342 g/mol. The first-order valence-corrected chi connectivity index (χ1v) is 8.75. The number of thiazole rings is 1. The van der Waals surface area contributed by atoms with Crippen LogP contribution in [0.15, 0.2) is 53.7 Å². The van der Waals surface area contributed by atoms with Crippen LogP contribution in [-0.2, 0) is 4.79 Å². The molecule has 5 nitrogen and oxygen atoms in total. The molecule has 0 aliphatic rings. The number of hydrogen-bond acceptors (Lipinski definition) is 6. The molecule has 0 spiro atoms. The maximum Gasteiger partial charge on any atom is 0.236 e. The van der Waals surface area contributed by atoms with Gasteiger partial charge in [0.15, 0.2) is 5.13 Å². The molecule has 3 aromatic rings. The summed E-state index contributed by atoms with van der Waals surface area (Å²) >= 11 is 2.81. The van der Waals surface area contributed by atoms with Crippen molar-refractivity contribution in [3.63, 3.8) is 0 Å². The summed E-state index contributed by atoms with van der Waals surface area (Å²) in [4.78, 5) is 17.0. The van der Waals surface area contributed by atoms with Gasteiger partial charge in [0, 0.05) is 16.6 Å². The summed E-state index contributed by atoms with van der Waals surface area (Å²) in [6, 6.07) is 13.6. The molecule has 0 aliphatic carbocycles. The second kappa shape index (κ2) is 7.34. The molecule has 1 N–H and O–H groups in total. The van der Waals surface area contributed by atoms with Crippen LogP contribution in [0, 0.1) is 6.92 Å². The Morgan fingerprint density at radius 3 is 2.65 bits per heavy atom. The zero-order valence-corrected chi connectivity index (χ0v) is 14.0. The maximum atomic E-state index is 11.9. The van der Waals surface area contributed by atoms with E-state index in [9.17, 15) is 4.79 Å². The molecule has 7 heteroatoms. The SMILES string of the molecule is Cc1cnc(NC(=O)CSc2ccc(-c3ccccc3)nn2)s1. The summed E-state index contributed by atoms with van der Waals surface area (Å²) in [5, 5.41) is 12.5. The first-order chi connectivity index (χ1) is 11.2. The normalized spacial score (nSPS) is 10.5. The van der Waals surface area contributed by atoms with Gasteiger partial charge >= 0.3 is 0 Å². The van der Waals surface area contributed by atoms with Crippen molar-refractivity contribution >= 4 is 34.1 Å². The molecule has 0 aliphatic heterocycles. The number of amides is 1. The molecule has 3 rings (SSSR count). The zero-order valence-electron chi connectivity index (χ0n) is 12.4. The number of nitrogens with zero attached hydrogens (tertiary/aromatic N) is 3. The molecule has 23 heavy (non-hydrogen) atoms. The van der Waals surface area contributed by atoms with Gasteiger partial charge in [-0.2, -0.15) is 0 Å². The van der Waals surface area contributed by atoms with Crippen LogP contribution in [0.2, 0.25) is 0 Å². The van der Waals surface area contributed by atoms with E-state index >= 15 is 0 Å². The highest BCUT2D eigenvalue weighted by molar-refractivity contribution is 7.99. The topological polar surface area (TPSA) is 67.8 Å². The average molecular weight is 342 g/mol. The van der Waals surface area contributed by atoms with Crippen molar-refractivity contribution in [2.45, 2.75) is 11.9 Å². The van der Waals surface area contributed by atoms with Crippen LogP contribution in [0.3, 0.4) is 0 Å². The van der Waals surface area contributed by atoms with Gasteiger partial charge in [-0.1, -0.05) is 42.1 Å². The highest BCUT2D eigenvalue weighted by Gasteiger charge is 2.07. The number of thioether (sulfide) groups is 1. The lowest BCUT2D eigenvalue weighted by atomic mass is 10.1. The van der Waals surface area contributed by atoms with Crippen LogP contribution in [-0.4, -0.2) is 26.8 Å². The summed E-state index contributed by atoms with van der Waals surface area (Å²) in [5.74, 6) is 0.177. The van der Waals surface area contributed by atoms with Crippen LogP contribution >= 0.6 is 23.1 Å². The molecule has 0 radical (unpaired) electrons. The second-order valence-corrected chi connectivity index (χ2v) is 6.97. The number of carbonyl (C=O) groups is 1. The minimum atomic E-state index is -0.0988. The molecule has 1 aromatic carbocycles. The lowest BCUT2D eigenvalue weighted by Gasteiger charge is -2.03. The standard InChI is InChI=1S/C16H14N4OS2/c1-11-9-17-16(23-11)18-14(21)10-22-15-8-7-13(19-20-15)12-5-3-2-4-6-12/h2-9H,10H2,1H3,(H,17,18,21). The molecular formula is C16H14N4OS2. The minimum absolute atomic E-state index is 0.0988. The van der Waals surface area contributed by atoms with E-state index in [1.165, 1.54) is 23.1 Å². The largest absolute Gasteiger partial charge is 0.301 e. The number of aryl methyl sites for hydroxylation is 1. The number of anilines is 1. The Morgan fingerprint density at radius 2 is 2.00 bits per heavy atom. The van der Waals surface area contributed by atoms with Crippen molar-refractivity contribution in [2.24, 2.45) is 0 Å². The summed E-state index contributed by atoms with van der Waals surface area (Å²) in [6.45, 7) is 1.95. The van der Waals surface area contributed by atoms with Crippen molar-refractivity contribution < 1.29 is 4.79 Å². The first kappa shape index (κ1) is 15.6. The van der Waals surface area contributed by atoms with Gasteiger partial charge in [0.2, 0.25) is 5.91 Å². The molecule has 1 amide bonds. The number of benzene rings is 1. The van der Waals surface area contributed by atoms with Gasteiger partial charge in [-0.15, -0.1) is 21.5 Å². The predicted molar refractivity (Wildman–Crippen MR) is 93.7 cm³/mol. The Morgan fingerprint density at radius 1 is 1.17 bits per heavy atom. The van der Waals surface area contributed by atoms with Crippen molar-refractivity contribution in [2.75, 3.05) is 11.1 Å². The van der Waals surface area contributed by atoms with Crippen LogP contribution in [0.5, 0.6) is 0 Å². The van der Waals surface area contributed by atoms with Gasteiger partial charge in [0.05, 0.1) is 11.4 Å². The van der Waals surface area contributed by atoms with Gasteiger partial charge < -0.3 is 5.32 Å². The molecule has 0 saturated carbocycles. The number of aromatic nitrogens is 3. The molecule has 116 valence electrons. The number of rotatable bonds is 5. The van der Waals surface area contributed by atoms with E-state index in [0.717, 1.165) is 21.2 Å². The smallest absolute Gasteiger partial charge is 0.236 e. The van der Waals surface area contributed by atoms with E-state index < -0.39 is 0 Å². The Bertz CT molecular complexity index is 787. The molecule has 0 saturated heterocycles. The molecule has 0 atom stereocenters. The Kier molecular flexibility index (Phi) is 4.99. The van der Waals surface area contributed by atoms with Gasteiger partial charge in [-0.3, -0.25) is 4.79 Å². The van der Waals surface area contributed by atoms with Crippen LogP contribution in [0.25, 0.3) is 11.3 Å². The van der Waals surface area contributed by atoms with Crippen molar-refractivity contribution in [3.8, 4) is 11.3 Å². The second-order valence-electron chi connectivity index (χ2n) is 4.74. The van der Waals surface area contributed by atoms with E-state index in [0.29, 0.717) is 5.13 Å². The van der Waals surface area contributed by atoms with E-state index in [-0.39, 0.29) is 11.7 Å². The number of nitrogens with one attached hydrogen (secondary N) is 1. The summed E-state index contributed by atoms with van der Waals surface area (Å²) in [6.07, 6.45) is 1.74. The van der Waals surface area contributed by atoms with Gasteiger partial charge in [0.1, 0.15) is 5.03 Å². The lowest BCUT2D eigenvalue weighted by Crippen LogP contribution is -2.13. The molecule has 2 aromatic heterocycles. The van der Waals surface area contributed by atoms with Gasteiger partial charge in [-0.25, -0.2) is 4.98 Å². The van der Waals surface area contributed by atoms with Gasteiger partial charge in [-0.05, 0) is 19.1 Å². The lowest BCUT2D eigenvalue weighted by molar-refractivity contribution is -0.113. The number of carbonyl (C=O) groups excluding carboxylic acids is 1. The highest BCUT2D eigenvalue weighted by atomic mass is 32.2. The van der Waals surface area contributed by atoms with Crippen molar-refractivity contribution in [3.05, 3.63) is 53.5 Å². The quantitative estimate of drug-likeness (QED) is 0.717. The third kappa shape index (κ3) is 4.37. The van der Waals surface area contributed by atoms with E-state index in [2.05, 4.69) is 20.5 Å². The summed E-state index contributed by atoms with van der Waals surface area (Å²) in [7, 11) is 0. The minimum Gasteiger partial charge on any atom is -0.301 e. The van der Waals surface area contributed by atoms with E-state index in [1.54, 1.807) is 6.20 Å². The Labute approximate surface area is 142 Å². The fourth-order valence-corrected chi connectivity index (χ4v) is 3.16. The van der Waals surface area contributed by atoms with E-state index in [4.69, 9.17) is 0 Å². The van der Waals surface area contributed by atoms with Crippen LogP contribution in [0.4, 0.5) is 5.13 Å². The summed E-state index contributed by atoms with van der Waals surface area (Å²) in [5.41, 5.74) is 1.84. The van der Waals surface area contributed by atoms with Crippen molar-refractivity contribution in [1.82, 2.24) is 15.2 Å². The van der Waals surface area contributed by atoms with Crippen LogP contribution < -0.4 is 5.32 Å². The highest BCUT2D eigenvalue weighted by Crippen LogP contribution is 2.20. The number of hydrogen-bond donors (Lipinski definition) is 1. The third-order valence-corrected chi connectivity index (χ3v) is 4.68. The fourth-order valence-electron chi connectivity index (χ4n) is 1.87.